The van der Waals surface area contributed by atoms with Crippen molar-refractivity contribution in [1.82, 2.24) is 9.42 Å². The van der Waals surface area contributed by atoms with E-state index in [0.29, 0.717) is 32.5 Å². The molecule has 1 fully saturated rings. The van der Waals surface area contributed by atoms with Gasteiger partial charge in [-0.1, -0.05) is 30.3 Å². The fourth-order valence-electron chi connectivity index (χ4n) is 4.94. The Morgan fingerprint density at radius 3 is 2.23 bits per heavy atom. The Morgan fingerprint density at radius 2 is 1.63 bits per heavy atom. The third kappa shape index (κ3) is 8.44. The van der Waals surface area contributed by atoms with Gasteiger partial charge in [0, 0.05) is 25.0 Å². The first-order chi connectivity index (χ1) is 20.4. The highest BCUT2D eigenvalue weighted by Crippen LogP contribution is 2.35. The highest BCUT2D eigenvalue weighted by Gasteiger charge is 2.42. The normalized spacial score (nSPS) is 15.7. The van der Waals surface area contributed by atoms with E-state index in [1.54, 1.807) is 37.9 Å². The molecule has 1 aromatic heterocycles. The van der Waals surface area contributed by atoms with Gasteiger partial charge in [-0.05, 0) is 94.0 Å². The van der Waals surface area contributed by atoms with Crippen LogP contribution in [0.5, 0.6) is 5.75 Å². The number of nitrogens with zero attached hydrogens (tertiary/aromatic N) is 2. The van der Waals surface area contributed by atoms with Crippen molar-refractivity contribution in [1.29, 1.82) is 0 Å². The Hall–Kier alpha value is -3.25. The molecule has 2 aromatic carbocycles. The number of benzene rings is 2. The number of ether oxygens (including phenoxy) is 3. The van der Waals surface area contributed by atoms with E-state index in [-0.39, 0.29) is 16.7 Å². The quantitative estimate of drug-likeness (QED) is 0.195. The van der Waals surface area contributed by atoms with Crippen LogP contribution in [0.15, 0.2) is 70.9 Å². The van der Waals surface area contributed by atoms with Crippen molar-refractivity contribution in [2.45, 2.75) is 57.0 Å². The van der Waals surface area contributed by atoms with Crippen molar-refractivity contribution < 1.29 is 32.2 Å². The monoisotopic (exact) mass is 628 g/mol. The first-order valence-corrected chi connectivity index (χ1v) is 16.6. The van der Waals surface area contributed by atoms with Crippen LogP contribution in [0.3, 0.4) is 0 Å². The Bertz CT molecular complexity index is 1470. The van der Waals surface area contributed by atoms with Crippen LogP contribution in [0.25, 0.3) is 10.4 Å². The number of hydrazine groups is 1. The van der Waals surface area contributed by atoms with E-state index in [1.165, 1.54) is 22.8 Å². The lowest BCUT2D eigenvalue weighted by Gasteiger charge is -2.38. The number of carbonyl (C=O) groups excluding carboxylic acids is 2. The van der Waals surface area contributed by atoms with Crippen molar-refractivity contribution in [2.75, 3.05) is 26.7 Å². The van der Waals surface area contributed by atoms with Crippen molar-refractivity contribution in [3.05, 3.63) is 72.3 Å². The zero-order valence-electron chi connectivity index (χ0n) is 25.3. The van der Waals surface area contributed by atoms with Crippen molar-refractivity contribution in [2.24, 2.45) is 11.8 Å². The Labute approximate surface area is 258 Å². The van der Waals surface area contributed by atoms with Gasteiger partial charge in [-0.2, -0.15) is 0 Å². The van der Waals surface area contributed by atoms with Gasteiger partial charge in [-0.3, -0.25) is 9.59 Å². The number of rotatable bonds is 11. The molecule has 0 spiro atoms. The second-order valence-electron chi connectivity index (χ2n) is 11.4. The second kappa shape index (κ2) is 14.0. The van der Waals surface area contributed by atoms with Crippen LogP contribution in [-0.4, -0.2) is 62.1 Å². The molecular weight excluding hydrogens is 588 g/mol. The Balaban J connectivity index is 1.42. The minimum Gasteiger partial charge on any atom is -0.494 e. The average molecular weight is 629 g/mol. The number of piperidine rings is 1. The molecule has 2 heterocycles. The van der Waals surface area contributed by atoms with Gasteiger partial charge >= 0.3 is 11.9 Å². The van der Waals surface area contributed by atoms with E-state index >= 15 is 0 Å². The maximum Gasteiger partial charge on any atom is 0.321 e. The SMILES string of the molecule is CCOc1ccc(-c2ccc(S(=O)(=O)N(C)N3CCC(C(C(=O)OCc4ccccc4)C(=O)OC(C)(C)C)CC3)s2)cc1. The topological polar surface area (TPSA) is 102 Å². The number of sulfonamides is 1. The summed E-state index contributed by atoms with van der Waals surface area (Å²) in [6.45, 7) is 8.51. The van der Waals surface area contributed by atoms with Gasteiger partial charge in [-0.15, -0.1) is 15.8 Å². The fourth-order valence-corrected chi connectivity index (χ4v) is 7.67. The molecule has 1 aliphatic rings. The first-order valence-electron chi connectivity index (χ1n) is 14.4. The second-order valence-corrected chi connectivity index (χ2v) is 14.7. The van der Waals surface area contributed by atoms with Gasteiger partial charge in [-0.25, -0.2) is 13.4 Å². The predicted molar refractivity (Wildman–Crippen MR) is 166 cm³/mol. The van der Waals surface area contributed by atoms with Gasteiger partial charge < -0.3 is 14.2 Å². The van der Waals surface area contributed by atoms with Crippen LogP contribution < -0.4 is 4.74 Å². The van der Waals surface area contributed by atoms with Gasteiger partial charge in [0.2, 0.25) is 0 Å². The fraction of sp³-hybridized carbons (Fsp3) is 0.438. The molecular formula is C32H40N2O7S2. The van der Waals surface area contributed by atoms with E-state index < -0.39 is 33.5 Å². The molecule has 0 radical (unpaired) electrons. The average Bonchev–Trinajstić information content (AvgIpc) is 3.48. The van der Waals surface area contributed by atoms with Gasteiger partial charge in [0.25, 0.3) is 10.0 Å². The maximum atomic E-state index is 13.6. The number of hydrogen-bond donors (Lipinski definition) is 0. The lowest BCUT2D eigenvalue weighted by molar-refractivity contribution is -0.174. The summed E-state index contributed by atoms with van der Waals surface area (Å²) in [4.78, 5) is 27.3. The number of esters is 2. The zero-order chi connectivity index (χ0) is 31.2. The lowest BCUT2D eigenvalue weighted by Crippen LogP contribution is -2.50. The molecule has 1 aliphatic heterocycles. The van der Waals surface area contributed by atoms with E-state index in [1.807, 2.05) is 61.5 Å². The van der Waals surface area contributed by atoms with Gasteiger partial charge in [0.05, 0.1) is 6.61 Å². The maximum absolute atomic E-state index is 13.6. The summed E-state index contributed by atoms with van der Waals surface area (Å²) in [5.41, 5.74) is 0.958. The number of thiophene rings is 1. The molecule has 43 heavy (non-hydrogen) atoms. The van der Waals surface area contributed by atoms with Crippen LogP contribution >= 0.6 is 11.3 Å². The van der Waals surface area contributed by atoms with Gasteiger partial charge in [0.1, 0.15) is 22.2 Å². The standard InChI is InChI=1S/C32H40N2O7S2/c1-6-39-26-14-12-24(13-15-26)27-16-17-28(42-27)43(37,38)33(5)34-20-18-25(19-21-34)29(31(36)41-32(2,3)4)30(35)40-22-23-10-8-7-9-11-23/h7-17,25,29H,6,18-22H2,1-5H3. The molecule has 232 valence electrons. The van der Waals surface area contributed by atoms with E-state index in [4.69, 9.17) is 14.2 Å². The summed E-state index contributed by atoms with van der Waals surface area (Å²) in [6, 6.07) is 20.3. The van der Waals surface area contributed by atoms with E-state index in [2.05, 4.69) is 0 Å². The van der Waals surface area contributed by atoms with Crippen LogP contribution in [-0.2, 0) is 35.7 Å². The summed E-state index contributed by atoms with van der Waals surface area (Å²) >= 11 is 1.21. The summed E-state index contributed by atoms with van der Waals surface area (Å²) in [7, 11) is -2.27. The Morgan fingerprint density at radius 1 is 0.977 bits per heavy atom. The predicted octanol–water partition coefficient (Wildman–Crippen LogP) is 5.76. The number of hydrogen-bond acceptors (Lipinski definition) is 9. The number of carbonyl (C=O) groups is 2. The summed E-state index contributed by atoms with van der Waals surface area (Å²) in [6.07, 6.45) is 0.845. The zero-order valence-corrected chi connectivity index (χ0v) is 26.9. The highest BCUT2D eigenvalue weighted by atomic mass is 32.2. The van der Waals surface area contributed by atoms with Crippen LogP contribution in [0.2, 0.25) is 0 Å². The largest absolute Gasteiger partial charge is 0.494 e. The molecule has 0 bridgehead atoms. The minimum absolute atomic E-state index is 0.0538. The molecule has 0 N–H and O–H groups in total. The molecule has 1 saturated heterocycles. The molecule has 0 aliphatic carbocycles. The molecule has 11 heteroatoms. The van der Waals surface area contributed by atoms with Crippen LogP contribution in [0.4, 0.5) is 0 Å². The van der Waals surface area contributed by atoms with Crippen LogP contribution in [0.1, 0.15) is 46.1 Å². The molecule has 3 aromatic rings. The highest BCUT2D eigenvalue weighted by molar-refractivity contribution is 7.91. The van der Waals surface area contributed by atoms with Crippen molar-refractivity contribution >= 4 is 33.3 Å². The Kier molecular flexibility index (Phi) is 10.7. The molecule has 1 atom stereocenters. The molecule has 9 nitrogen and oxygen atoms in total. The summed E-state index contributed by atoms with van der Waals surface area (Å²) < 4.78 is 45.3. The third-order valence-electron chi connectivity index (χ3n) is 7.16. The summed E-state index contributed by atoms with van der Waals surface area (Å²) in [5.74, 6) is -1.93. The first kappa shape index (κ1) is 32.7. The summed E-state index contributed by atoms with van der Waals surface area (Å²) in [5, 5.41) is 1.74. The molecule has 4 rings (SSSR count). The third-order valence-corrected chi connectivity index (χ3v) is 10.5. The van der Waals surface area contributed by atoms with E-state index in [9.17, 15) is 18.0 Å². The molecule has 1 unspecified atom stereocenters. The minimum atomic E-state index is -3.81. The van der Waals surface area contributed by atoms with Crippen molar-refractivity contribution in [3.63, 3.8) is 0 Å². The van der Waals surface area contributed by atoms with Crippen LogP contribution in [0, 0.1) is 11.8 Å². The van der Waals surface area contributed by atoms with E-state index in [0.717, 1.165) is 21.8 Å². The van der Waals surface area contributed by atoms with Crippen molar-refractivity contribution in [3.8, 4) is 16.2 Å². The molecule has 0 saturated carbocycles. The lowest BCUT2D eigenvalue weighted by atomic mass is 9.84. The smallest absolute Gasteiger partial charge is 0.321 e. The molecule has 0 amide bonds. The van der Waals surface area contributed by atoms with Gasteiger partial charge in [0.15, 0.2) is 5.92 Å².